The molecule has 0 saturated carbocycles. The number of aromatic nitrogens is 2. The van der Waals surface area contributed by atoms with Crippen LogP contribution in [0.15, 0.2) is 6.07 Å². The summed E-state index contributed by atoms with van der Waals surface area (Å²) >= 11 is 0. The van der Waals surface area contributed by atoms with Gasteiger partial charge in [0.2, 0.25) is 0 Å². The molecule has 1 atom stereocenters. The zero-order valence-corrected chi connectivity index (χ0v) is 11.7. The Balaban J connectivity index is 2.62. The van der Waals surface area contributed by atoms with E-state index in [2.05, 4.69) is 25.5 Å². The zero-order valence-electron chi connectivity index (χ0n) is 11.7. The number of nitrogens with two attached hydrogens (primary N) is 1. The van der Waals surface area contributed by atoms with E-state index >= 15 is 0 Å². The molecular weight excluding hydrogens is 228 g/mol. The molecule has 0 aliphatic heterocycles. The third kappa shape index (κ3) is 5.29. The summed E-state index contributed by atoms with van der Waals surface area (Å²) < 4.78 is 0. The average molecular weight is 252 g/mol. The van der Waals surface area contributed by atoms with Crippen molar-refractivity contribution in [2.45, 2.75) is 19.9 Å². The third-order valence-electron chi connectivity index (χ3n) is 2.45. The molecule has 0 fully saturated rings. The molecule has 102 valence electrons. The molecule has 1 aromatic heterocycles. The van der Waals surface area contributed by atoms with Crippen LogP contribution in [-0.2, 0) is 0 Å². The molecule has 1 rings (SSSR count). The fourth-order valence-electron chi connectivity index (χ4n) is 1.45. The highest BCUT2D eigenvalue weighted by Gasteiger charge is 2.04. The van der Waals surface area contributed by atoms with E-state index in [1.807, 2.05) is 34.0 Å². The molecule has 6 nitrogen and oxygen atoms in total. The van der Waals surface area contributed by atoms with Crippen molar-refractivity contribution in [3.8, 4) is 0 Å². The van der Waals surface area contributed by atoms with Crippen molar-refractivity contribution < 1.29 is 0 Å². The molecule has 1 aromatic rings. The predicted molar refractivity (Wildman–Crippen MR) is 76.0 cm³/mol. The molecule has 0 bridgehead atoms. The van der Waals surface area contributed by atoms with Gasteiger partial charge in [0.15, 0.2) is 0 Å². The van der Waals surface area contributed by atoms with Gasteiger partial charge in [-0.25, -0.2) is 9.97 Å². The second-order valence-corrected chi connectivity index (χ2v) is 4.70. The summed E-state index contributed by atoms with van der Waals surface area (Å²) in [5, 5.41) is 6.53. The molecule has 0 aromatic carbocycles. The number of hydrogen-bond donors (Lipinski definition) is 3. The van der Waals surface area contributed by atoms with Crippen molar-refractivity contribution in [1.82, 2.24) is 14.9 Å². The Morgan fingerprint density at radius 2 is 2.00 bits per heavy atom. The van der Waals surface area contributed by atoms with Crippen LogP contribution in [0.5, 0.6) is 0 Å². The molecule has 0 aliphatic carbocycles. The quantitative estimate of drug-likeness (QED) is 0.656. The Morgan fingerprint density at radius 3 is 2.61 bits per heavy atom. The Labute approximate surface area is 109 Å². The Hall–Kier alpha value is -1.40. The highest BCUT2D eigenvalue weighted by molar-refractivity contribution is 5.48. The van der Waals surface area contributed by atoms with Crippen LogP contribution in [0.4, 0.5) is 11.6 Å². The largest absolute Gasteiger partial charge is 0.369 e. The van der Waals surface area contributed by atoms with Gasteiger partial charge in [0.1, 0.15) is 17.5 Å². The third-order valence-corrected chi connectivity index (χ3v) is 2.45. The maximum atomic E-state index is 5.58. The number of rotatable bonds is 7. The number of nitrogens with one attached hydrogen (secondary N) is 2. The van der Waals surface area contributed by atoms with Gasteiger partial charge in [-0.05, 0) is 27.9 Å². The van der Waals surface area contributed by atoms with Crippen molar-refractivity contribution in [2.75, 3.05) is 44.4 Å². The molecule has 0 aliphatic rings. The molecule has 1 heterocycles. The van der Waals surface area contributed by atoms with Crippen LogP contribution in [0.1, 0.15) is 12.7 Å². The highest BCUT2D eigenvalue weighted by atomic mass is 15.1. The second-order valence-electron chi connectivity index (χ2n) is 4.70. The molecular formula is C12H24N6. The molecule has 0 saturated heterocycles. The minimum atomic E-state index is 0.203. The van der Waals surface area contributed by atoms with Gasteiger partial charge in [0.25, 0.3) is 0 Å². The first kappa shape index (κ1) is 14.7. The lowest BCUT2D eigenvalue weighted by Gasteiger charge is -2.15. The fraction of sp³-hybridized carbons (Fsp3) is 0.667. The fourth-order valence-corrected chi connectivity index (χ4v) is 1.45. The van der Waals surface area contributed by atoms with Crippen LogP contribution in [0, 0.1) is 6.92 Å². The first-order chi connectivity index (χ1) is 8.51. The lowest BCUT2D eigenvalue weighted by Crippen LogP contribution is -2.26. The maximum Gasteiger partial charge on any atom is 0.132 e. The topological polar surface area (TPSA) is 79.1 Å². The van der Waals surface area contributed by atoms with E-state index in [9.17, 15) is 0 Å². The van der Waals surface area contributed by atoms with E-state index in [-0.39, 0.29) is 6.04 Å². The standard InChI is InChI=1S/C12H24N6/c1-9(8-13)15-12-7-11(16-10(2)17-12)14-5-6-18(3)4/h7,9H,5-6,8,13H2,1-4H3,(H2,14,15,16,17). The molecule has 18 heavy (non-hydrogen) atoms. The summed E-state index contributed by atoms with van der Waals surface area (Å²) in [6.45, 7) is 6.30. The van der Waals surface area contributed by atoms with Crippen molar-refractivity contribution >= 4 is 11.6 Å². The summed E-state index contributed by atoms with van der Waals surface area (Å²) in [6.07, 6.45) is 0. The van der Waals surface area contributed by atoms with Gasteiger partial charge < -0.3 is 21.3 Å². The number of anilines is 2. The molecule has 0 spiro atoms. The van der Waals surface area contributed by atoms with Crippen LogP contribution >= 0.6 is 0 Å². The van der Waals surface area contributed by atoms with Crippen molar-refractivity contribution in [2.24, 2.45) is 5.73 Å². The SMILES string of the molecule is Cc1nc(NCCN(C)C)cc(NC(C)CN)n1. The second kappa shape index (κ2) is 7.13. The highest BCUT2D eigenvalue weighted by Crippen LogP contribution is 2.11. The predicted octanol–water partition coefficient (Wildman–Crippen LogP) is 0.518. The lowest BCUT2D eigenvalue weighted by molar-refractivity contribution is 0.425. The lowest BCUT2D eigenvalue weighted by atomic mass is 10.3. The normalized spacial score (nSPS) is 12.6. The van der Waals surface area contributed by atoms with E-state index in [0.717, 1.165) is 30.5 Å². The Morgan fingerprint density at radius 1 is 1.33 bits per heavy atom. The van der Waals surface area contributed by atoms with E-state index in [1.165, 1.54) is 0 Å². The molecule has 0 amide bonds. The zero-order chi connectivity index (χ0) is 13.5. The molecule has 1 unspecified atom stereocenters. The van der Waals surface area contributed by atoms with E-state index in [1.54, 1.807) is 0 Å². The van der Waals surface area contributed by atoms with Gasteiger partial charge >= 0.3 is 0 Å². The minimum Gasteiger partial charge on any atom is -0.369 e. The van der Waals surface area contributed by atoms with Gasteiger partial charge in [0.05, 0.1) is 0 Å². The van der Waals surface area contributed by atoms with Crippen molar-refractivity contribution in [3.63, 3.8) is 0 Å². The van der Waals surface area contributed by atoms with Gasteiger partial charge in [-0.2, -0.15) is 0 Å². The number of nitrogens with zero attached hydrogens (tertiary/aromatic N) is 3. The summed E-state index contributed by atoms with van der Waals surface area (Å²) in [4.78, 5) is 10.8. The van der Waals surface area contributed by atoms with Crippen LogP contribution < -0.4 is 16.4 Å². The van der Waals surface area contributed by atoms with Crippen LogP contribution in [0.3, 0.4) is 0 Å². The van der Waals surface area contributed by atoms with Gasteiger partial charge in [-0.1, -0.05) is 0 Å². The summed E-state index contributed by atoms with van der Waals surface area (Å²) in [5.41, 5.74) is 5.58. The summed E-state index contributed by atoms with van der Waals surface area (Å²) in [7, 11) is 4.09. The summed E-state index contributed by atoms with van der Waals surface area (Å²) in [5.74, 6) is 2.40. The van der Waals surface area contributed by atoms with Crippen molar-refractivity contribution in [1.29, 1.82) is 0 Å². The van der Waals surface area contributed by atoms with Crippen molar-refractivity contribution in [3.05, 3.63) is 11.9 Å². The van der Waals surface area contributed by atoms with Crippen LogP contribution in [0.2, 0.25) is 0 Å². The average Bonchev–Trinajstić information content (AvgIpc) is 2.27. The first-order valence-electron chi connectivity index (χ1n) is 6.22. The van der Waals surface area contributed by atoms with Gasteiger partial charge in [-0.15, -0.1) is 0 Å². The smallest absolute Gasteiger partial charge is 0.132 e. The Kier molecular flexibility index (Phi) is 5.80. The molecule has 0 radical (unpaired) electrons. The van der Waals surface area contributed by atoms with E-state index in [0.29, 0.717) is 6.54 Å². The first-order valence-corrected chi connectivity index (χ1v) is 6.22. The Bertz CT molecular complexity index is 366. The monoisotopic (exact) mass is 252 g/mol. The van der Waals surface area contributed by atoms with Crippen LogP contribution in [-0.4, -0.2) is 54.6 Å². The number of hydrogen-bond acceptors (Lipinski definition) is 6. The van der Waals surface area contributed by atoms with E-state index in [4.69, 9.17) is 5.73 Å². The number of likely N-dealkylation sites (N-methyl/N-ethyl adjacent to an activating group) is 1. The van der Waals surface area contributed by atoms with E-state index < -0.39 is 0 Å². The minimum absolute atomic E-state index is 0.203. The van der Waals surface area contributed by atoms with Crippen LogP contribution in [0.25, 0.3) is 0 Å². The molecule has 4 N–H and O–H groups in total. The maximum absolute atomic E-state index is 5.58. The summed E-state index contributed by atoms with van der Waals surface area (Å²) in [6, 6.07) is 2.11. The van der Waals surface area contributed by atoms with Gasteiger partial charge in [0, 0.05) is 31.7 Å². The van der Waals surface area contributed by atoms with Gasteiger partial charge in [-0.3, -0.25) is 0 Å². The molecule has 6 heteroatoms. The number of aryl methyl sites for hydroxylation is 1.